The van der Waals surface area contributed by atoms with Crippen molar-refractivity contribution < 1.29 is 19.9 Å². The zero-order valence-electron chi connectivity index (χ0n) is 14.3. The second kappa shape index (κ2) is 6.39. The van der Waals surface area contributed by atoms with Crippen LogP contribution in [0.4, 0.5) is 16.2 Å². The van der Waals surface area contributed by atoms with Gasteiger partial charge in [0.15, 0.2) is 0 Å². The van der Waals surface area contributed by atoms with Gasteiger partial charge in [-0.3, -0.25) is 15.1 Å². The first-order valence-corrected chi connectivity index (χ1v) is 9.03. The van der Waals surface area contributed by atoms with E-state index in [1.54, 1.807) is 0 Å². The van der Waals surface area contributed by atoms with Crippen molar-refractivity contribution in [2.24, 2.45) is 11.8 Å². The van der Waals surface area contributed by atoms with E-state index < -0.39 is 23.2 Å². The van der Waals surface area contributed by atoms with Crippen molar-refractivity contribution in [3.8, 4) is 0 Å². The lowest BCUT2D eigenvalue weighted by molar-refractivity contribution is -0.384. The number of aliphatic hydroxyl groups excluding tert-OH is 1. The lowest BCUT2D eigenvalue weighted by Gasteiger charge is -2.43. The van der Waals surface area contributed by atoms with Gasteiger partial charge in [-0.15, -0.1) is 0 Å². The molecule has 4 rings (SSSR count). The molecule has 1 aliphatic heterocycles. The number of carbonyl (C=O) groups is 1. The first kappa shape index (κ1) is 17.0. The second-order valence-corrected chi connectivity index (χ2v) is 7.48. The van der Waals surface area contributed by atoms with Crippen LogP contribution in [0.2, 0.25) is 0 Å². The first-order valence-electron chi connectivity index (χ1n) is 9.03. The summed E-state index contributed by atoms with van der Waals surface area (Å²) < 4.78 is 0. The minimum atomic E-state index is -1.19. The second-order valence-electron chi connectivity index (χ2n) is 7.48. The summed E-state index contributed by atoms with van der Waals surface area (Å²) >= 11 is 0. The van der Waals surface area contributed by atoms with Crippen LogP contribution in [0, 0.1) is 22.0 Å². The minimum absolute atomic E-state index is 0.0364. The number of aromatic nitrogens is 1. The Morgan fingerprint density at radius 1 is 1.35 bits per heavy atom. The van der Waals surface area contributed by atoms with Crippen molar-refractivity contribution in [2.45, 2.75) is 44.2 Å². The molecule has 140 valence electrons. The maximum Gasteiger partial charge on any atom is 0.405 e. The van der Waals surface area contributed by atoms with E-state index in [-0.39, 0.29) is 18.2 Å². The zero-order chi connectivity index (χ0) is 18.4. The molecule has 1 saturated carbocycles. The topological polar surface area (TPSA) is 129 Å². The van der Waals surface area contributed by atoms with Crippen molar-refractivity contribution in [3.63, 3.8) is 0 Å². The van der Waals surface area contributed by atoms with Gasteiger partial charge in [-0.05, 0) is 38.0 Å². The summed E-state index contributed by atoms with van der Waals surface area (Å²) in [6, 6.07) is -0.670. The summed E-state index contributed by atoms with van der Waals surface area (Å²) in [5, 5.41) is 33.7. The van der Waals surface area contributed by atoms with Crippen molar-refractivity contribution in [2.75, 3.05) is 18.0 Å². The van der Waals surface area contributed by atoms with E-state index in [9.17, 15) is 20.0 Å². The Balaban J connectivity index is 1.73. The Morgan fingerprint density at radius 3 is 2.77 bits per heavy atom. The molecule has 0 bridgehead atoms. The van der Waals surface area contributed by atoms with Gasteiger partial charge in [-0.2, -0.15) is 0 Å². The first-order chi connectivity index (χ1) is 12.5. The predicted octanol–water partition coefficient (Wildman–Crippen LogP) is 1.32. The molecule has 0 radical (unpaired) electrons. The Kier molecular flexibility index (Phi) is 4.18. The third kappa shape index (κ3) is 2.96. The molecule has 9 nitrogen and oxygen atoms in total. The van der Waals surface area contributed by atoms with Gasteiger partial charge in [0, 0.05) is 30.3 Å². The SMILES string of the molecule is O=C(O)N[C@@H]1CN(c2c([N+](=O)[O-])cnc3c2CCC3)C[C@H](C2CC2)[C@@H]1O. The molecule has 3 atom stereocenters. The van der Waals surface area contributed by atoms with E-state index in [0.717, 1.165) is 43.4 Å². The molecule has 26 heavy (non-hydrogen) atoms. The Hall–Kier alpha value is -2.42. The molecular weight excluding hydrogens is 340 g/mol. The van der Waals surface area contributed by atoms with Gasteiger partial charge in [-0.1, -0.05) is 0 Å². The van der Waals surface area contributed by atoms with Gasteiger partial charge in [0.05, 0.1) is 17.1 Å². The van der Waals surface area contributed by atoms with Crippen LogP contribution in [-0.2, 0) is 12.8 Å². The number of nitrogens with zero attached hydrogens (tertiary/aromatic N) is 3. The third-order valence-electron chi connectivity index (χ3n) is 5.81. The number of pyridine rings is 1. The van der Waals surface area contributed by atoms with Crippen molar-refractivity contribution in [3.05, 3.63) is 27.6 Å². The van der Waals surface area contributed by atoms with Gasteiger partial charge >= 0.3 is 11.8 Å². The van der Waals surface area contributed by atoms with Crippen LogP contribution < -0.4 is 10.2 Å². The lowest BCUT2D eigenvalue weighted by atomic mass is 9.86. The average molecular weight is 362 g/mol. The maximum absolute atomic E-state index is 11.6. The Morgan fingerprint density at radius 2 is 2.12 bits per heavy atom. The van der Waals surface area contributed by atoms with Crippen LogP contribution in [0.1, 0.15) is 30.5 Å². The minimum Gasteiger partial charge on any atom is -0.465 e. The molecule has 1 aromatic heterocycles. The summed E-state index contributed by atoms with van der Waals surface area (Å²) in [6.45, 7) is 0.717. The monoisotopic (exact) mass is 362 g/mol. The van der Waals surface area contributed by atoms with Crippen LogP contribution in [0.25, 0.3) is 0 Å². The summed E-state index contributed by atoms with van der Waals surface area (Å²) in [6.07, 6.45) is 3.82. The molecule has 0 aromatic carbocycles. The highest BCUT2D eigenvalue weighted by atomic mass is 16.6. The Bertz CT molecular complexity index is 751. The number of carboxylic acid groups (broad SMARTS) is 1. The quantitative estimate of drug-likeness (QED) is 0.544. The number of aliphatic hydroxyl groups is 1. The van der Waals surface area contributed by atoms with E-state index in [1.165, 1.54) is 6.20 Å². The fourth-order valence-electron chi connectivity index (χ4n) is 4.47. The third-order valence-corrected chi connectivity index (χ3v) is 5.81. The number of anilines is 1. The van der Waals surface area contributed by atoms with Crippen LogP contribution >= 0.6 is 0 Å². The summed E-state index contributed by atoms with van der Waals surface area (Å²) in [7, 11) is 0. The van der Waals surface area contributed by atoms with Gasteiger partial charge in [0.2, 0.25) is 0 Å². The number of hydrogen-bond donors (Lipinski definition) is 3. The van der Waals surface area contributed by atoms with Crippen LogP contribution in [-0.4, -0.2) is 51.4 Å². The van der Waals surface area contributed by atoms with Gasteiger partial charge in [0.1, 0.15) is 11.9 Å². The molecule has 9 heteroatoms. The van der Waals surface area contributed by atoms with E-state index in [1.807, 2.05) is 4.90 Å². The summed E-state index contributed by atoms with van der Waals surface area (Å²) in [4.78, 5) is 28.5. The van der Waals surface area contributed by atoms with Crippen molar-refractivity contribution in [1.29, 1.82) is 0 Å². The van der Waals surface area contributed by atoms with E-state index in [4.69, 9.17) is 5.11 Å². The maximum atomic E-state index is 11.6. The number of nitro groups is 1. The van der Waals surface area contributed by atoms with Crippen LogP contribution in [0.15, 0.2) is 6.20 Å². The molecule has 3 N–H and O–H groups in total. The van der Waals surface area contributed by atoms with Crippen LogP contribution in [0.5, 0.6) is 0 Å². The van der Waals surface area contributed by atoms with Gasteiger partial charge < -0.3 is 20.4 Å². The number of aryl methyl sites for hydroxylation is 1. The molecule has 1 aromatic rings. The highest BCUT2D eigenvalue weighted by Gasteiger charge is 2.46. The molecule has 2 fully saturated rings. The van der Waals surface area contributed by atoms with Crippen molar-refractivity contribution in [1.82, 2.24) is 10.3 Å². The number of rotatable bonds is 4. The van der Waals surface area contributed by atoms with Crippen LogP contribution in [0.3, 0.4) is 0 Å². The fraction of sp³-hybridized carbons (Fsp3) is 0.647. The highest BCUT2D eigenvalue weighted by Crippen LogP contribution is 2.44. The molecule has 1 saturated heterocycles. The van der Waals surface area contributed by atoms with Gasteiger partial charge in [0.25, 0.3) is 0 Å². The van der Waals surface area contributed by atoms with E-state index >= 15 is 0 Å². The fourth-order valence-corrected chi connectivity index (χ4v) is 4.47. The van der Waals surface area contributed by atoms with E-state index in [0.29, 0.717) is 18.2 Å². The summed E-state index contributed by atoms with van der Waals surface area (Å²) in [5.41, 5.74) is 2.32. The molecule has 0 spiro atoms. The molecule has 3 aliphatic rings. The van der Waals surface area contributed by atoms with Gasteiger partial charge in [-0.25, -0.2) is 4.79 Å². The molecule has 2 heterocycles. The number of piperidine rings is 1. The molecule has 1 amide bonds. The Labute approximate surface area is 150 Å². The molecule has 0 unspecified atom stereocenters. The lowest BCUT2D eigenvalue weighted by Crippen LogP contribution is -2.60. The van der Waals surface area contributed by atoms with Crippen molar-refractivity contribution >= 4 is 17.5 Å². The average Bonchev–Trinajstić information content (AvgIpc) is 3.31. The molecular formula is C17H22N4O5. The largest absolute Gasteiger partial charge is 0.465 e. The number of hydrogen-bond acceptors (Lipinski definition) is 6. The molecule has 2 aliphatic carbocycles. The highest BCUT2D eigenvalue weighted by molar-refractivity contribution is 5.70. The summed E-state index contributed by atoms with van der Waals surface area (Å²) in [5.74, 6) is 0.255. The standard InChI is InChI=1S/C17H22N4O5/c22-16-11(9-4-5-9)7-20(8-13(16)19-17(23)24)15-10-2-1-3-12(10)18-6-14(15)21(25)26/h6,9,11,13,16,19,22H,1-5,7-8H2,(H,23,24)/t11-,13-,16+/m1/s1. The number of fused-ring (bicyclic) bond motifs is 1. The normalized spacial score (nSPS) is 27.9. The smallest absolute Gasteiger partial charge is 0.405 e. The number of amides is 1. The predicted molar refractivity (Wildman–Crippen MR) is 92.3 cm³/mol. The number of nitrogens with one attached hydrogen (secondary N) is 1. The van der Waals surface area contributed by atoms with E-state index in [2.05, 4.69) is 10.3 Å². The zero-order valence-corrected chi connectivity index (χ0v) is 14.3.